The second kappa shape index (κ2) is 15.7. The summed E-state index contributed by atoms with van der Waals surface area (Å²) in [6.45, 7) is 8.67. The Labute approximate surface area is 295 Å². The number of rotatable bonds is 10. The highest BCUT2D eigenvalue weighted by molar-refractivity contribution is 8.00. The minimum Gasteiger partial charge on any atom is -0.321 e. The molecule has 0 saturated carbocycles. The molecule has 10 heteroatoms. The minimum atomic E-state index is -0.640. The van der Waals surface area contributed by atoms with Crippen LogP contribution in [0.2, 0.25) is 0 Å². The Kier molecular flexibility index (Phi) is 11.4. The zero-order valence-electron chi connectivity index (χ0n) is 27.9. The molecule has 2 atom stereocenters. The minimum absolute atomic E-state index is 0.136. The third-order valence-electron chi connectivity index (χ3n) is 8.61. The van der Waals surface area contributed by atoms with E-state index in [0.29, 0.717) is 34.2 Å². The Balaban J connectivity index is 1.30. The largest absolute Gasteiger partial charge is 0.321 e. The second-order valence-electron chi connectivity index (χ2n) is 13.0. The molecule has 49 heavy (non-hydrogen) atoms. The molecule has 3 N–H and O–H groups in total. The van der Waals surface area contributed by atoms with Crippen LogP contribution in [0.5, 0.6) is 0 Å². The average Bonchev–Trinajstić information content (AvgIpc) is 3.43. The molecular formula is C39H39FN4O3S2. The lowest BCUT2D eigenvalue weighted by molar-refractivity contribution is -0.116. The van der Waals surface area contributed by atoms with Gasteiger partial charge in [-0.25, -0.2) is 4.39 Å². The van der Waals surface area contributed by atoms with E-state index in [4.69, 9.17) is 0 Å². The van der Waals surface area contributed by atoms with Crippen LogP contribution in [0.3, 0.4) is 0 Å². The van der Waals surface area contributed by atoms with Gasteiger partial charge in [0.05, 0.1) is 10.8 Å². The van der Waals surface area contributed by atoms with Crippen molar-refractivity contribution in [3.63, 3.8) is 0 Å². The Morgan fingerprint density at radius 3 is 2.47 bits per heavy atom. The van der Waals surface area contributed by atoms with Gasteiger partial charge in [-0.15, -0.1) is 23.1 Å². The Morgan fingerprint density at radius 2 is 1.78 bits per heavy atom. The van der Waals surface area contributed by atoms with E-state index in [0.717, 1.165) is 29.7 Å². The van der Waals surface area contributed by atoms with Crippen LogP contribution in [0.15, 0.2) is 89.5 Å². The SMILES string of the molecule is CCC(Sc1cccc(NC(=O)/C(=C/c2ccccc2F)NC(=O)c2ccccc2)c1)C(=O)Nc1sc2c(c1C#N)CCC(C(C)(C)C)C2. The highest BCUT2D eigenvalue weighted by Crippen LogP contribution is 2.44. The van der Waals surface area contributed by atoms with E-state index in [1.807, 2.05) is 13.0 Å². The van der Waals surface area contributed by atoms with Crippen LogP contribution in [0.4, 0.5) is 15.1 Å². The third-order valence-corrected chi connectivity index (χ3v) is 11.1. The third kappa shape index (κ3) is 8.85. The van der Waals surface area contributed by atoms with E-state index in [2.05, 4.69) is 42.8 Å². The topological polar surface area (TPSA) is 111 Å². The van der Waals surface area contributed by atoms with Crippen LogP contribution in [0.25, 0.3) is 6.08 Å². The molecule has 5 rings (SSSR count). The standard InChI is InChI=1S/C39H39FN4O3S2/c1-5-33(37(47)44-38-30(23-41)29-19-18-26(39(2,3)4)21-34(29)49-38)48-28-16-11-15-27(22-28)42-36(46)32(20-25-14-9-10-17-31(25)40)43-35(45)24-12-7-6-8-13-24/h6-17,20,22,26,33H,5,18-19,21H2,1-4H3,(H,42,46)(H,43,45)(H,44,47)/b32-20-. The first-order chi connectivity index (χ1) is 23.5. The first kappa shape index (κ1) is 35.6. The van der Waals surface area contributed by atoms with Crippen molar-refractivity contribution in [3.05, 3.63) is 118 Å². The van der Waals surface area contributed by atoms with Gasteiger partial charge in [0.1, 0.15) is 22.6 Å². The molecule has 0 bridgehead atoms. The Bertz CT molecular complexity index is 1920. The Hall–Kier alpha value is -4.72. The summed E-state index contributed by atoms with van der Waals surface area (Å²) >= 11 is 2.87. The zero-order chi connectivity index (χ0) is 35.1. The van der Waals surface area contributed by atoms with Crippen LogP contribution < -0.4 is 16.0 Å². The van der Waals surface area contributed by atoms with Crippen molar-refractivity contribution in [2.45, 2.75) is 63.5 Å². The number of hydrogen-bond donors (Lipinski definition) is 3. The van der Waals surface area contributed by atoms with E-state index < -0.39 is 22.9 Å². The quantitative estimate of drug-likeness (QED) is 0.114. The smallest absolute Gasteiger partial charge is 0.272 e. The highest BCUT2D eigenvalue weighted by atomic mass is 32.2. The summed E-state index contributed by atoms with van der Waals surface area (Å²) in [4.78, 5) is 41.9. The maximum absolute atomic E-state index is 14.5. The average molecular weight is 695 g/mol. The number of benzene rings is 3. The van der Waals surface area contributed by atoms with Gasteiger partial charge in [0.25, 0.3) is 11.8 Å². The number of carbonyl (C=O) groups is 3. The predicted octanol–water partition coefficient (Wildman–Crippen LogP) is 8.83. The molecule has 3 amide bonds. The number of amides is 3. The maximum atomic E-state index is 14.5. The predicted molar refractivity (Wildman–Crippen MR) is 196 cm³/mol. The van der Waals surface area contributed by atoms with Crippen molar-refractivity contribution >= 4 is 57.6 Å². The molecule has 4 aromatic rings. The molecule has 7 nitrogen and oxygen atoms in total. The number of thioether (sulfide) groups is 1. The number of halogens is 1. The zero-order valence-corrected chi connectivity index (χ0v) is 29.6. The van der Waals surface area contributed by atoms with Gasteiger partial charge in [0, 0.05) is 26.6 Å². The van der Waals surface area contributed by atoms with Crippen molar-refractivity contribution in [2.24, 2.45) is 11.3 Å². The molecule has 0 fully saturated rings. The second-order valence-corrected chi connectivity index (χ2v) is 15.4. The molecule has 0 saturated heterocycles. The van der Waals surface area contributed by atoms with Gasteiger partial charge in [-0.1, -0.05) is 70.2 Å². The van der Waals surface area contributed by atoms with E-state index >= 15 is 0 Å². The lowest BCUT2D eigenvalue weighted by Gasteiger charge is -2.33. The molecule has 0 radical (unpaired) electrons. The molecule has 1 aromatic heterocycles. The summed E-state index contributed by atoms with van der Waals surface area (Å²) in [7, 11) is 0. The molecule has 3 aromatic carbocycles. The molecule has 2 unspecified atom stereocenters. The van der Waals surface area contributed by atoms with Gasteiger partial charge in [-0.2, -0.15) is 5.26 Å². The molecular weight excluding hydrogens is 656 g/mol. The molecule has 1 aliphatic carbocycles. The van der Waals surface area contributed by atoms with E-state index in [9.17, 15) is 24.0 Å². The van der Waals surface area contributed by atoms with Gasteiger partial charge in [-0.05, 0) is 85.1 Å². The van der Waals surface area contributed by atoms with E-state index in [-0.39, 0.29) is 22.6 Å². The number of carbonyl (C=O) groups excluding carboxylic acids is 3. The van der Waals surface area contributed by atoms with Gasteiger partial charge < -0.3 is 16.0 Å². The molecule has 1 heterocycles. The maximum Gasteiger partial charge on any atom is 0.272 e. The fourth-order valence-corrected chi connectivity index (χ4v) is 8.04. The van der Waals surface area contributed by atoms with Crippen molar-refractivity contribution < 1.29 is 18.8 Å². The van der Waals surface area contributed by atoms with E-state index in [1.165, 1.54) is 46.2 Å². The van der Waals surface area contributed by atoms with E-state index in [1.54, 1.807) is 60.7 Å². The summed E-state index contributed by atoms with van der Waals surface area (Å²) in [5, 5.41) is 18.6. The van der Waals surface area contributed by atoms with Crippen LogP contribution in [-0.4, -0.2) is 23.0 Å². The number of nitriles is 1. The first-order valence-corrected chi connectivity index (χ1v) is 17.9. The van der Waals surface area contributed by atoms with Crippen molar-refractivity contribution in [1.29, 1.82) is 5.26 Å². The van der Waals surface area contributed by atoms with Crippen LogP contribution in [0.1, 0.15) is 72.5 Å². The first-order valence-electron chi connectivity index (χ1n) is 16.2. The summed E-state index contributed by atoms with van der Waals surface area (Å²) in [5.41, 5.74) is 2.59. The lowest BCUT2D eigenvalue weighted by atomic mass is 9.72. The number of nitrogens with one attached hydrogen (secondary N) is 3. The van der Waals surface area contributed by atoms with Crippen LogP contribution in [0, 0.1) is 28.5 Å². The number of anilines is 2. The van der Waals surface area contributed by atoms with Crippen molar-refractivity contribution in [2.75, 3.05) is 10.6 Å². The van der Waals surface area contributed by atoms with Crippen molar-refractivity contribution in [3.8, 4) is 6.07 Å². The fraction of sp³-hybridized carbons (Fsp3) is 0.282. The van der Waals surface area contributed by atoms with Gasteiger partial charge >= 0.3 is 0 Å². The fourth-order valence-electron chi connectivity index (χ4n) is 5.75. The van der Waals surface area contributed by atoms with Gasteiger partial charge in [0.15, 0.2) is 0 Å². The van der Waals surface area contributed by atoms with Crippen molar-refractivity contribution in [1.82, 2.24) is 5.32 Å². The summed E-state index contributed by atoms with van der Waals surface area (Å²) in [5.74, 6) is -1.36. The normalized spacial score (nSPS) is 15.0. The van der Waals surface area contributed by atoms with Crippen LogP contribution in [-0.2, 0) is 22.4 Å². The van der Waals surface area contributed by atoms with Gasteiger partial charge in [0.2, 0.25) is 5.91 Å². The summed E-state index contributed by atoms with van der Waals surface area (Å²) in [6, 6.07) is 23.8. The monoisotopic (exact) mass is 694 g/mol. The van der Waals surface area contributed by atoms with Gasteiger partial charge in [-0.3, -0.25) is 14.4 Å². The molecule has 0 spiro atoms. The summed E-state index contributed by atoms with van der Waals surface area (Å²) in [6.07, 6.45) is 4.60. The van der Waals surface area contributed by atoms with Crippen LogP contribution >= 0.6 is 23.1 Å². The number of fused-ring (bicyclic) bond motifs is 1. The summed E-state index contributed by atoms with van der Waals surface area (Å²) < 4.78 is 14.5. The lowest BCUT2D eigenvalue weighted by Crippen LogP contribution is -2.30. The molecule has 252 valence electrons. The Morgan fingerprint density at radius 1 is 1.04 bits per heavy atom. The highest BCUT2D eigenvalue weighted by Gasteiger charge is 2.33. The number of thiophene rings is 1. The number of hydrogen-bond acceptors (Lipinski definition) is 6. The molecule has 1 aliphatic rings. The number of nitrogens with zero attached hydrogens (tertiary/aromatic N) is 1. The molecule has 0 aliphatic heterocycles.